The van der Waals surface area contributed by atoms with E-state index in [9.17, 15) is 0 Å². The first kappa shape index (κ1) is 14.2. The first-order valence-electron chi connectivity index (χ1n) is 5.70. The van der Waals surface area contributed by atoms with Crippen LogP contribution in [0.5, 0.6) is 0 Å². The standard InChI is InChI=1S/C11H20BrN5/c1-5-13-11-14-6-9(12)10(16-11)15-8(2)7-17(3)4/h6,8H,5,7H2,1-4H3,(H2,13,14,15,16). The van der Waals surface area contributed by atoms with Crippen LogP contribution >= 0.6 is 15.9 Å². The Morgan fingerprint density at radius 1 is 1.47 bits per heavy atom. The van der Waals surface area contributed by atoms with Crippen LogP contribution in [-0.4, -0.2) is 48.1 Å². The maximum atomic E-state index is 4.41. The van der Waals surface area contributed by atoms with Gasteiger partial charge in [0.15, 0.2) is 0 Å². The van der Waals surface area contributed by atoms with E-state index in [1.54, 1.807) is 6.20 Å². The Balaban J connectivity index is 2.71. The van der Waals surface area contributed by atoms with E-state index in [0.29, 0.717) is 12.0 Å². The number of nitrogens with zero attached hydrogens (tertiary/aromatic N) is 3. The van der Waals surface area contributed by atoms with Crippen molar-refractivity contribution in [3.05, 3.63) is 10.7 Å². The largest absolute Gasteiger partial charge is 0.365 e. The van der Waals surface area contributed by atoms with Crippen molar-refractivity contribution >= 4 is 27.7 Å². The summed E-state index contributed by atoms with van der Waals surface area (Å²) in [7, 11) is 4.11. The lowest BCUT2D eigenvalue weighted by Crippen LogP contribution is -2.30. The van der Waals surface area contributed by atoms with E-state index in [-0.39, 0.29) is 0 Å². The summed E-state index contributed by atoms with van der Waals surface area (Å²) in [6.45, 7) is 5.91. The summed E-state index contributed by atoms with van der Waals surface area (Å²) in [6, 6.07) is 0.325. The molecule has 0 saturated carbocycles. The topological polar surface area (TPSA) is 53.1 Å². The number of hydrogen-bond acceptors (Lipinski definition) is 5. The van der Waals surface area contributed by atoms with Gasteiger partial charge in [-0.25, -0.2) is 4.98 Å². The van der Waals surface area contributed by atoms with Gasteiger partial charge in [0.2, 0.25) is 5.95 Å². The minimum atomic E-state index is 0.325. The number of hydrogen-bond donors (Lipinski definition) is 2. The van der Waals surface area contributed by atoms with Gasteiger partial charge < -0.3 is 15.5 Å². The fourth-order valence-electron chi connectivity index (χ4n) is 1.54. The zero-order chi connectivity index (χ0) is 12.8. The molecule has 0 saturated heterocycles. The molecular weight excluding hydrogens is 282 g/mol. The van der Waals surface area contributed by atoms with Crippen LogP contribution in [0.4, 0.5) is 11.8 Å². The second-order valence-electron chi connectivity index (χ2n) is 4.23. The van der Waals surface area contributed by atoms with Crippen molar-refractivity contribution in [1.29, 1.82) is 0 Å². The molecule has 1 unspecified atom stereocenters. The number of nitrogens with one attached hydrogen (secondary N) is 2. The summed E-state index contributed by atoms with van der Waals surface area (Å²) in [4.78, 5) is 10.7. The van der Waals surface area contributed by atoms with Crippen LogP contribution in [0.25, 0.3) is 0 Å². The molecule has 96 valence electrons. The van der Waals surface area contributed by atoms with Gasteiger partial charge in [-0.1, -0.05) is 0 Å². The average molecular weight is 302 g/mol. The van der Waals surface area contributed by atoms with E-state index in [2.05, 4.69) is 62.5 Å². The zero-order valence-electron chi connectivity index (χ0n) is 10.8. The lowest BCUT2D eigenvalue weighted by Gasteiger charge is -2.19. The molecule has 0 aliphatic rings. The van der Waals surface area contributed by atoms with Gasteiger partial charge in [-0.2, -0.15) is 4.98 Å². The first-order valence-corrected chi connectivity index (χ1v) is 6.50. The molecule has 17 heavy (non-hydrogen) atoms. The summed E-state index contributed by atoms with van der Waals surface area (Å²) >= 11 is 3.45. The Bertz CT molecular complexity index is 356. The molecule has 0 fully saturated rings. The van der Waals surface area contributed by atoms with Crippen molar-refractivity contribution in [1.82, 2.24) is 14.9 Å². The van der Waals surface area contributed by atoms with E-state index in [1.807, 2.05) is 6.92 Å². The van der Waals surface area contributed by atoms with E-state index in [4.69, 9.17) is 0 Å². The maximum absolute atomic E-state index is 4.41. The smallest absolute Gasteiger partial charge is 0.224 e. The van der Waals surface area contributed by atoms with Gasteiger partial charge in [0.1, 0.15) is 5.82 Å². The van der Waals surface area contributed by atoms with Gasteiger partial charge in [0.05, 0.1) is 4.47 Å². The van der Waals surface area contributed by atoms with Crippen molar-refractivity contribution in [2.24, 2.45) is 0 Å². The number of halogens is 1. The van der Waals surface area contributed by atoms with E-state index < -0.39 is 0 Å². The van der Waals surface area contributed by atoms with Gasteiger partial charge in [0.25, 0.3) is 0 Å². The molecule has 1 heterocycles. The molecule has 1 atom stereocenters. The molecule has 0 aliphatic carbocycles. The lowest BCUT2D eigenvalue weighted by atomic mass is 10.3. The minimum Gasteiger partial charge on any atom is -0.365 e. The molecular formula is C11H20BrN5. The van der Waals surface area contributed by atoms with Crippen molar-refractivity contribution in [3.8, 4) is 0 Å². The van der Waals surface area contributed by atoms with Crippen LogP contribution in [-0.2, 0) is 0 Å². The highest BCUT2D eigenvalue weighted by Gasteiger charge is 2.08. The van der Waals surface area contributed by atoms with Crippen LogP contribution in [0.3, 0.4) is 0 Å². The molecule has 1 aromatic heterocycles. The Morgan fingerprint density at radius 3 is 2.76 bits per heavy atom. The fourth-order valence-corrected chi connectivity index (χ4v) is 1.84. The molecule has 0 spiro atoms. The highest BCUT2D eigenvalue weighted by Crippen LogP contribution is 2.20. The molecule has 0 aliphatic heterocycles. The SMILES string of the molecule is CCNc1ncc(Br)c(NC(C)CN(C)C)n1. The number of aromatic nitrogens is 2. The van der Waals surface area contributed by atoms with Crippen molar-refractivity contribution in [3.63, 3.8) is 0 Å². The molecule has 0 amide bonds. The summed E-state index contributed by atoms with van der Waals surface area (Å²) < 4.78 is 0.879. The molecule has 0 bridgehead atoms. The zero-order valence-corrected chi connectivity index (χ0v) is 12.4. The Morgan fingerprint density at radius 2 is 2.18 bits per heavy atom. The predicted octanol–water partition coefficient (Wildman–Crippen LogP) is 2.03. The molecule has 1 aromatic rings. The summed E-state index contributed by atoms with van der Waals surface area (Å²) in [5.74, 6) is 1.47. The van der Waals surface area contributed by atoms with Crippen molar-refractivity contribution < 1.29 is 0 Å². The highest BCUT2D eigenvalue weighted by atomic mass is 79.9. The Kier molecular flexibility index (Phi) is 5.64. The normalized spacial score (nSPS) is 12.6. The molecule has 2 N–H and O–H groups in total. The highest BCUT2D eigenvalue weighted by molar-refractivity contribution is 9.10. The number of likely N-dealkylation sites (N-methyl/N-ethyl adjacent to an activating group) is 1. The van der Waals surface area contributed by atoms with Gasteiger partial charge >= 0.3 is 0 Å². The third kappa shape index (κ3) is 4.87. The van der Waals surface area contributed by atoms with Crippen molar-refractivity contribution in [2.45, 2.75) is 19.9 Å². The van der Waals surface area contributed by atoms with Gasteiger partial charge in [0, 0.05) is 25.3 Å². The molecule has 6 heteroatoms. The third-order valence-corrected chi connectivity index (χ3v) is 2.68. The third-order valence-electron chi connectivity index (χ3n) is 2.10. The summed E-state index contributed by atoms with van der Waals surface area (Å²) in [6.07, 6.45) is 1.76. The minimum absolute atomic E-state index is 0.325. The Labute approximate surface area is 111 Å². The fraction of sp³-hybridized carbons (Fsp3) is 0.636. The van der Waals surface area contributed by atoms with Crippen LogP contribution in [0, 0.1) is 0 Å². The number of rotatable bonds is 6. The second-order valence-corrected chi connectivity index (χ2v) is 5.08. The van der Waals surface area contributed by atoms with Crippen LogP contribution < -0.4 is 10.6 Å². The van der Waals surface area contributed by atoms with Crippen LogP contribution in [0.15, 0.2) is 10.7 Å². The van der Waals surface area contributed by atoms with E-state index in [0.717, 1.165) is 23.4 Å². The summed E-state index contributed by atoms with van der Waals surface area (Å²) in [5, 5.41) is 6.46. The van der Waals surface area contributed by atoms with E-state index >= 15 is 0 Å². The predicted molar refractivity (Wildman–Crippen MR) is 75.5 cm³/mol. The first-order chi connectivity index (χ1) is 8.02. The van der Waals surface area contributed by atoms with E-state index in [1.165, 1.54) is 0 Å². The number of anilines is 2. The lowest BCUT2D eigenvalue weighted by molar-refractivity contribution is 0.392. The van der Waals surface area contributed by atoms with Crippen molar-refractivity contribution in [2.75, 3.05) is 37.8 Å². The molecule has 5 nitrogen and oxygen atoms in total. The van der Waals surface area contributed by atoms with Crippen LogP contribution in [0.1, 0.15) is 13.8 Å². The van der Waals surface area contributed by atoms with Gasteiger partial charge in [-0.15, -0.1) is 0 Å². The average Bonchev–Trinajstić information content (AvgIpc) is 2.22. The summed E-state index contributed by atoms with van der Waals surface area (Å²) in [5.41, 5.74) is 0. The monoisotopic (exact) mass is 301 g/mol. The molecule has 0 radical (unpaired) electrons. The second kappa shape index (κ2) is 6.76. The van der Waals surface area contributed by atoms with Crippen LogP contribution in [0.2, 0.25) is 0 Å². The quantitative estimate of drug-likeness (QED) is 0.842. The van der Waals surface area contributed by atoms with Gasteiger partial charge in [-0.05, 0) is 43.9 Å². The Hall–Kier alpha value is -0.880. The molecule has 0 aromatic carbocycles. The maximum Gasteiger partial charge on any atom is 0.224 e. The van der Waals surface area contributed by atoms with Gasteiger partial charge in [-0.3, -0.25) is 0 Å². The molecule has 1 rings (SSSR count).